The van der Waals surface area contributed by atoms with Gasteiger partial charge in [0, 0.05) is 12.0 Å². The normalized spacial score (nSPS) is 13.2. The molecule has 0 aromatic heterocycles. The molecular formula is C14H16N2O4. The van der Waals surface area contributed by atoms with Crippen LogP contribution in [-0.2, 0) is 14.3 Å². The zero-order valence-corrected chi connectivity index (χ0v) is 10.9. The standard InChI is InChI=1S/C10H7NO2.C4H9NO2/c1-7-10(12)13-9(11-7)8-5-3-2-4-6-8;5-3-1-2-4(6)7/h2-6H,1H2;1-3,5H2,(H,6,7). The van der Waals surface area contributed by atoms with E-state index in [4.69, 9.17) is 15.6 Å². The fourth-order valence-electron chi connectivity index (χ4n) is 1.30. The Morgan fingerprint density at radius 3 is 2.40 bits per heavy atom. The van der Waals surface area contributed by atoms with E-state index in [0.717, 1.165) is 5.56 Å². The predicted octanol–water partition coefficient (Wildman–Crippen LogP) is 1.31. The summed E-state index contributed by atoms with van der Waals surface area (Å²) in [7, 11) is 0. The van der Waals surface area contributed by atoms with Gasteiger partial charge in [-0.15, -0.1) is 0 Å². The van der Waals surface area contributed by atoms with E-state index in [1.807, 2.05) is 30.3 Å². The third kappa shape index (κ3) is 5.03. The highest BCUT2D eigenvalue weighted by atomic mass is 16.6. The molecule has 0 unspecified atom stereocenters. The van der Waals surface area contributed by atoms with Crippen LogP contribution in [-0.4, -0.2) is 29.5 Å². The van der Waals surface area contributed by atoms with Crippen LogP contribution in [0.25, 0.3) is 0 Å². The summed E-state index contributed by atoms with van der Waals surface area (Å²) < 4.78 is 4.87. The molecule has 1 aliphatic rings. The van der Waals surface area contributed by atoms with Gasteiger partial charge in [-0.05, 0) is 25.1 Å². The largest absolute Gasteiger partial charge is 0.481 e. The van der Waals surface area contributed by atoms with Crippen LogP contribution in [0.5, 0.6) is 0 Å². The first-order valence-corrected chi connectivity index (χ1v) is 6.01. The summed E-state index contributed by atoms with van der Waals surface area (Å²) in [6, 6.07) is 9.24. The van der Waals surface area contributed by atoms with E-state index in [-0.39, 0.29) is 12.1 Å². The van der Waals surface area contributed by atoms with E-state index in [0.29, 0.717) is 18.9 Å². The van der Waals surface area contributed by atoms with Gasteiger partial charge in [0.25, 0.3) is 0 Å². The summed E-state index contributed by atoms with van der Waals surface area (Å²) in [6.07, 6.45) is 0.770. The number of benzene rings is 1. The van der Waals surface area contributed by atoms with Crippen LogP contribution in [0.2, 0.25) is 0 Å². The molecule has 0 spiro atoms. The van der Waals surface area contributed by atoms with Crippen molar-refractivity contribution < 1.29 is 19.4 Å². The molecular weight excluding hydrogens is 260 g/mol. The monoisotopic (exact) mass is 276 g/mol. The van der Waals surface area contributed by atoms with E-state index in [1.54, 1.807) is 0 Å². The number of nitrogens with zero attached hydrogens (tertiary/aromatic N) is 1. The first-order chi connectivity index (χ1) is 9.54. The molecule has 0 aliphatic carbocycles. The van der Waals surface area contributed by atoms with Gasteiger partial charge in [-0.1, -0.05) is 24.8 Å². The molecule has 0 fully saturated rings. The predicted molar refractivity (Wildman–Crippen MR) is 74.1 cm³/mol. The zero-order valence-electron chi connectivity index (χ0n) is 10.9. The molecule has 0 saturated carbocycles. The SMILES string of the molecule is C=C1N=C(c2ccccc2)OC1=O.NCCCC(=O)O. The van der Waals surface area contributed by atoms with Crippen molar-refractivity contribution in [3.8, 4) is 0 Å². The Balaban J connectivity index is 0.000000246. The van der Waals surface area contributed by atoms with Gasteiger partial charge >= 0.3 is 11.9 Å². The third-order valence-corrected chi connectivity index (χ3v) is 2.28. The van der Waals surface area contributed by atoms with Gasteiger partial charge in [0.1, 0.15) is 5.70 Å². The Morgan fingerprint density at radius 1 is 1.35 bits per heavy atom. The number of hydrogen-bond donors (Lipinski definition) is 2. The average Bonchev–Trinajstić information content (AvgIpc) is 2.78. The van der Waals surface area contributed by atoms with E-state index in [2.05, 4.69) is 11.6 Å². The van der Waals surface area contributed by atoms with Crippen LogP contribution >= 0.6 is 0 Å². The molecule has 20 heavy (non-hydrogen) atoms. The topological polar surface area (TPSA) is 102 Å². The van der Waals surface area contributed by atoms with Gasteiger partial charge < -0.3 is 15.6 Å². The summed E-state index contributed by atoms with van der Waals surface area (Å²) in [5, 5.41) is 7.99. The second-order valence-electron chi connectivity index (χ2n) is 3.91. The molecule has 1 aromatic rings. The van der Waals surface area contributed by atoms with Crippen LogP contribution in [0.3, 0.4) is 0 Å². The highest BCUT2D eigenvalue weighted by Crippen LogP contribution is 2.13. The Morgan fingerprint density at radius 2 is 2.00 bits per heavy atom. The number of hydrogen-bond acceptors (Lipinski definition) is 5. The lowest BCUT2D eigenvalue weighted by atomic mass is 10.2. The highest BCUT2D eigenvalue weighted by Gasteiger charge is 2.21. The van der Waals surface area contributed by atoms with Gasteiger partial charge in [-0.3, -0.25) is 4.79 Å². The number of rotatable bonds is 4. The molecule has 0 bridgehead atoms. The highest BCUT2D eigenvalue weighted by molar-refractivity contribution is 6.10. The Bertz CT molecular complexity index is 523. The lowest BCUT2D eigenvalue weighted by molar-refractivity contribution is -0.137. The van der Waals surface area contributed by atoms with Gasteiger partial charge in [0.05, 0.1) is 0 Å². The maximum atomic E-state index is 10.9. The molecule has 1 heterocycles. The molecule has 0 radical (unpaired) electrons. The summed E-state index contributed by atoms with van der Waals surface area (Å²) in [4.78, 5) is 24.5. The van der Waals surface area contributed by atoms with Crippen molar-refractivity contribution in [1.82, 2.24) is 0 Å². The van der Waals surface area contributed by atoms with Gasteiger partial charge in [0.15, 0.2) is 0 Å². The maximum absolute atomic E-state index is 10.9. The minimum absolute atomic E-state index is 0.152. The zero-order chi connectivity index (χ0) is 15.0. The quantitative estimate of drug-likeness (QED) is 0.637. The Labute approximate surface area is 116 Å². The number of cyclic esters (lactones) is 1. The summed E-state index contributed by atoms with van der Waals surface area (Å²) in [5.41, 5.74) is 5.95. The lowest BCUT2D eigenvalue weighted by Gasteiger charge is -1.96. The van der Waals surface area contributed by atoms with Crippen molar-refractivity contribution in [1.29, 1.82) is 0 Å². The lowest BCUT2D eigenvalue weighted by Crippen LogP contribution is -2.04. The molecule has 0 saturated heterocycles. The minimum atomic E-state index is -0.773. The minimum Gasteiger partial charge on any atom is -0.481 e. The Kier molecular flexibility index (Phi) is 6.12. The van der Waals surface area contributed by atoms with Gasteiger partial charge in [-0.2, -0.15) is 0 Å². The molecule has 0 amide bonds. The molecule has 1 aromatic carbocycles. The van der Waals surface area contributed by atoms with E-state index >= 15 is 0 Å². The van der Waals surface area contributed by atoms with E-state index < -0.39 is 11.9 Å². The number of esters is 1. The average molecular weight is 276 g/mol. The van der Waals surface area contributed by atoms with Crippen LogP contribution < -0.4 is 5.73 Å². The van der Waals surface area contributed by atoms with Gasteiger partial charge in [-0.25, -0.2) is 9.79 Å². The van der Waals surface area contributed by atoms with Crippen molar-refractivity contribution >= 4 is 17.8 Å². The second-order valence-corrected chi connectivity index (χ2v) is 3.91. The van der Waals surface area contributed by atoms with E-state index in [1.165, 1.54) is 0 Å². The number of aliphatic carboxylic acids is 1. The first-order valence-electron chi connectivity index (χ1n) is 6.01. The van der Waals surface area contributed by atoms with Crippen molar-refractivity contribution in [2.24, 2.45) is 10.7 Å². The number of nitrogens with two attached hydrogens (primary N) is 1. The van der Waals surface area contributed by atoms with Crippen molar-refractivity contribution in [3.63, 3.8) is 0 Å². The van der Waals surface area contributed by atoms with Crippen molar-refractivity contribution in [2.45, 2.75) is 12.8 Å². The molecule has 6 nitrogen and oxygen atoms in total. The summed E-state index contributed by atoms with van der Waals surface area (Å²) in [6.45, 7) is 3.91. The number of carbonyl (C=O) groups is 2. The van der Waals surface area contributed by atoms with Crippen LogP contribution in [0.1, 0.15) is 18.4 Å². The summed E-state index contributed by atoms with van der Waals surface area (Å²) >= 11 is 0. The second kappa shape index (κ2) is 7.85. The van der Waals surface area contributed by atoms with E-state index in [9.17, 15) is 9.59 Å². The smallest absolute Gasteiger partial charge is 0.363 e. The fraction of sp³-hybridized carbons (Fsp3) is 0.214. The maximum Gasteiger partial charge on any atom is 0.363 e. The summed E-state index contributed by atoms with van der Waals surface area (Å²) in [5.74, 6) is -0.917. The fourth-order valence-corrected chi connectivity index (χ4v) is 1.30. The van der Waals surface area contributed by atoms with Crippen LogP contribution in [0.4, 0.5) is 0 Å². The molecule has 3 N–H and O–H groups in total. The molecule has 1 aliphatic heterocycles. The molecule has 2 rings (SSSR count). The number of carboxylic acid groups (broad SMARTS) is 1. The number of aliphatic imine (C=N–C) groups is 1. The Hall–Kier alpha value is -2.47. The first kappa shape index (κ1) is 15.6. The van der Waals surface area contributed by atoms with Gasteiger partial charge in [0.2, 0.25) is 5.90 Å². The van der Waals surface area contributed by atoms with Crippen molar-refractivity contribution in [3.05, 3.63) is 48.2 Å². The molecule has 106 valence electrons. The van der Waals surface area contributed by atoms with Crippen LogP contribution in [0.15, 0.2) is 47.6 Å². The number of carbonyl (C=O) groups excluding carboxylic acids is 1. The number of carboxylic acids is 1. The van der Waals surface area contributed by atoms with Crippen LogP contribution in [0, 0.1) is 0 Å². The third-order valence-electron chi connectivity index (χ3n) is 2.28. The van der Waals surface area contributed by atoms with Crippen molar-refractivity contribution in [2.75, 3.05) is 6.54 Å². The molecule has 6 heteroatoms. The molecule has 0 atom stereocenters. The number of ether oxygens (including phenoxy) is 1.